The maximum atomic E-state index is 6.58. The molecule has 158 valence electrons. The molecule has 0 saturated heterocycles. The minimum atomic E-state index is -1.89. The van der Waals surface area contributed by atoms with Crippen LogP contribution in [0.15, 0.2) is 36.4 Å². The topological polar surface area (TPSA) is 27.7 Å². The number of rotatable bonds is 3. The summed E-state index contributed by atoms with van der Waals surface area (Å²) in [5.74, 6) is 3.46. The number of ether oxygens (including phenoxy) is 2. The molecule has 0 spiro atoms. The number of aryl methyl sites for hydroxylation is 1. The average molecular weight is 421 g/mol. The Morgan fingerprint density at radius 3 is 2.40 bits per heavy atom. The highest BCUT2D eigenvalue weighted by Gasteiger charge is 2.43. The van der Waals surface area contributed by atoms with Crippen LogP contribution in [0.2, 0.25) is 18.1 Å². The van der Waals surface area contributed by atoms with E-state index < -0.39 is 8.32 Å². The smallest absolute Gasteiger partial charge is 0.250 e. The Morgan fingerprint density at radius 2 is 1.70 bits per heavy atom. The molecule has 2 aliphatic heterocycles. The molecule has 0 aromatic heterocycles. The number of hydrogen-bond acceptors (Lipinski definition) is 3. The Kier molecular flexibility index (Phi) is 4.37. The third-order valence-corrected chi connectivity index (χ3v) is 11.5. The normalized spacial score (nSPS) is 20.5. The van der Waals surface area contributed by atoms with Crippen molar-refractivity contribution in [2.75, 3.05) is 6.61 Å². The van der Waals surface area contributed by atoms with Crippen molar-refractivity contribution in [3.05, 3.63) is 53.1 Å². The molecule has 1 fully saturated rings. The van der Waals surface area contributed by atoms with Crippen molar-refractivity contribution in [1.82, 2.24) is 0 Å². The van der Waals surface area contributed by atoms with Crippen LogP contribution in [0.1, 0.15) is 50.3 Å². The summed E-state index contributed by atoms with van der Waals surface area (Å²) in [4.78, 5) is 0. The summed E-state index contributed by atoms with van der Waals surface area (Å²) in [6, 6.07) is 12.9. The van der Waals surface area contributed by atoms with E-state index >= 15 is 0 Å². The van der Waals surface area contributed by atoms with Crippen LogP contribution in [0.5, 0.6) is 17.2 Å². The lowest BCUT2D eigenvalue weighted by atomic mass is 9.84. The molecule has 3 nitrogen and oxygen atoms in total. The SMILES string of the molecule is Cc1ccc2c(c1)OC(C1CC1)C1=C2COc2cc(O[Si](C)(C)C(C)(C)C)ccc21. The van der Waals surface area contributed by atoms with E-state index in [1.54, 1.807) is 0 Å². The Balaban J connectivity index is 1.56. The minimum absolute atomic E-state index is 0.129. The highest BCUT2D eigenvalue weighted by Crippen LogP contribution is 2.52. The number of hydrogen-bond donors (Lipinski definition) is 0. The fourth-order valence-corrected chi connectivity index (χ4v) is 5.22. The van der Waals surface area contributed by atoms with Gasteiger partial charge in [0.05, 0.1) is 0 Å². The van der Waals surface area contributed by atoms with Gasteiger partial charge in [0.15, 0.2) is 0 Å². The first-order valence-corrected chi connectivity index (χ1v) is 14.0. The van der Waals surface area contributed by atoms with Gasteiger partial charge in [0.2, 0.25) is 8.32 Å². The molecule has 3 aliphatic rings. The van der Waals surface area contributed by atoms with Crippen LogP contribution >= 0.6 is 0 Å². The minimum Gasteiger partial charge on any atom is -0.543 e. The van der Waals surface area contributed by atoms with Gasteiger partial charge in [0, 0.05) is 34.3 Å². The Morgan fingerprint density at radius 1 is 0.967 bits per heavy atom. The van der Waals surface area contributed by atoms with Crippen molar-refractivity contribution in [3.8, 4) is 17.2 Å². The van der Waals surface area contributed by atoms with Crippen LogP contribution in [0.4, 0.5) is 0 Å². The Bertz CT molecular complexity index is 1040. The van der Waals surface area contributed by atoms with Gasteiger partial charge >= 0.3 is 0 Å². The molecule has 4 heteroatoms. The van der Waals surface area contributed by atoms with E-state index in [1.165, 1.54) is 40.7 Å². The molecule has 1 unspecified atom stereocenters. The molecule has 2 aromatic carbocycles. The zero-order valence-corrected chi connectivity index (χ0v) is 20.0. The summed E-state index contributed by atoms with van der Waals surface area (Å²) in [6.07, 6.45) is 2.61. The predicted octanol–water partition coefficient (Wildman–Crippen LogP) is 6.85. The van der Waals surface area contributed by atoms with Crippen LogP contribution in [-0.2, 0) is 0 Å². The van der Waals surface area contributed by atoms with Crippen LogP contribution in [0.25, 0.3) is 11.1 Å². The van der Waals surface area contributed by atoms with Crippen molar-refractivity contribution in [3.63, 3.8) is 0 Å². The molecule has 1 saturated carbocycles. The molecular weight excluding hydrogens is 388 g/mol. The van der Waals surface area contributed by atoms with E-state index in [1.807, 2.05) is 0 Å². The van der Waals surface area contributed by atoms with Gasteiger partial charge in [-0.2, -0.15) is 0 Å². The fraction of sp³-hybridized carbons (Fsp3) is 0.462. The van der Waals surface area contributed by atoms with Crippen molar-refractivity contribution in [2.24, 2.45) is 5.92 Å². The van der Waals surface area contributed by atoms with Gasteiger partial charge in [0.25, 0.3) is 0 Å². The van der Waals surface area contributed by atoms with Crippen molar-refractivity contribution < 1.29 is 13.9 Å². The molecule has 2 aromatic rings. The van der Waals surface area contributed by atoms with Crippen LogP contribution in [0, 0.1) is 12.8 Å². The molecule has 5 rings (SSSR count). The maximum Gasteiger partial charge on any atom is 0.250 e. The lowest BCUT2D eigenvalue weighted by molar-refractivity contribution is 0.226. The molecule has 1 atom stereocenters. The molecule has 30 heavy (non-hydrogen) atoms. The standard InChI is InChI=1S/C26H32O3Si/c1-16-7-11-19-21-15-27-22-14-18(29-30(5,6)26(2,3)4)10-12-20(22)24(21)25(17-8-9-17)28-23(19)13-16/h7,10-14,17,25H,8-9,15H2,1-6H3. The van der Waals surface area contributed by atoms with Crippen molar-refractivity contribution in [1.29, 1.82) is 0 Å². The van der Waals surface area contributed by atoms with E-state index in [9.17, 15) is 0 Å². The molecule has 2 heterocycles. The second kappa shape index (κ2) is 6.65. The highest BCUT2D eigenvalue weighted by molar-refractivity contribution is 6.74. The van der Waals surface area contributed by atoms with E-state index in [-0.39, 0.29) is 11.1 Å². The highest BCUT2D eigenvalue weighted by atomic mass is 28.4. The summed E-state index contributed by atoms with van der Waals surface area (Å²) < 4.78 is 19.4. The fourth-order valence-electron chi connectivity index (χ4n) is 4.20. The number of fused-ring (bicyclic) bond motifs is 4. The molecule has 0 radical (unpaired) electrons. The van der Waals surface area contributed by atoms with Gasteiger partial charge in [-0.3, -0.25) is 0 Å². The summed E-state index contributed by atoms with van der Waals surface area (Å²) in [5.41, 5.74) is 6.20. The second-order valence-corrected chi connectivity index (χ2v) is 15.3. The van der Waals surface area contributed by atoms with Gasteiger partial charge in [-0.05, 0) is 61.7 Å². The number of benzene rings is 2. The van der Waals surface area contributed by atoms with Gasteiger partial charge in [0.1, 0.15) is 30.0 Å². The summed E-state index contributed by atoms with van der Waals surface area (Å²) in [5, 5.41) is 0.162. The van der Waals surface area contributed by atoms with Gasteiger partial charge in [-0.1, -0.05) is 32.9 Å². The molecule has 0 bridgehead atoms. The largest absolute Gasteiger partial charge is 0.543 e. The Labute approximate surface area is 181 Å². The molecular formula is C26H32O3Si. The van der Waals surface area contributed by atoms with E-state index in [0.29, 0.717) is 12.5 Å². The van der Waals surface area contributed by atoms with E-state index in [0.717, 1.165) is 17.2 Å². The van der Waals surface area contributed by atoms with Gasteiger partial charge < -0.3 is 13.9 Å². The van der Waals surface area contributed by atoms with Gasteiger partial charge in [-0.25, -0.2) is 0 Å². The monoisotopic (exact) mass is 420 g/mol. The first kappa shape index (κ1) is 19.7. The third-order valence-electron chi connectivity index (χ3n) is 7.17. The molecule has 0 N–H and O–H groups in total. The average Bonchev–Trinajstić information content (AvgIpc) is 3.50. The zero-order chi connectivity index (χ0) is 21.3. The third kappa shape index (κ3) is 3.26. The first-order valence-electron chi connectivity index (χ1n) is 11.1. The molecule has 0 amide bonds. The van der Waals surface area contributed by atoms with E-state index in [4.69, 9.17) is 13.9 Å². The molecule has 1 aliphatic carbocycles. The quantitative estimate of drug-likeness (QED) is 0.508. The lowest BCUT2D eigenvalue weighted by Crippen LogP contribution is -2.43. The van der Waals surface area contributed by atoms with Crippen LogP contribution in [-0.4, -0.2) is 21.0 Å². The summed E-state index contributed by atoms with van der Waals surface area (Å²) in [7, 11) is -1.89. The van der Waals surface area contributed by atoms with E-state index in [2.05, 4.69) is 77.2 Å². The van der Waals surface area contributed by atoms with Gasteiger partial charge in [-0.15, -0.1) is 0 Å². The zero-order valence-electron chi connectivity index (χ0n) is 19.0. The van der Waals surface area contributed by atoms with Crippen LogP contribution in [0.3, 0.4) is 0 Å². The maximum absolute atomic E-state index is 6.58. The van der Waals surface area contributed by atoms with Crippen molar-refractivity contribution in [2.45, 2.75) is 64.8 Å². The summed E-state index contributed by atoms with van der Waals surface area (Å²) in [6.45, 7) is 14.1. The first-order chi connectivity index (χ1) is 14.1. The lowest BCUT2D eigenvalue weighted by Gasteiger charge is -2.37. The van der Waals surface area contributed by atoms with Crippen LogP contribution < -0.4 is 13.9 Å². The Hall–Kier alpha value is -2.20. The second-order valence-electron chi connectivity index (χ2n) is 10.6. The predicted molar refractivity (Wildman–Crippen MR) is 125 cm³/mol. The summed E-state index contributed by atoms with van der Waals surface area (Å²) >= 11 is 0. The van der Waals surface area contributed by atoms with Crippen molar-refractivity contribution >= 4 is 19.5 Å².